The molecule has 0 saturated carbocycles. The Morgan fingerprint density at radius 3 is 2.72 bits per heavy atom. The van der Waals surface area contributed by atoms with Gasteiger partial charge in [0.15, 0.2) is 0 Å². The molecule has 0 bridgehead atoms. The topological polar surface area (TPSA) is 41.6 Å². The van der Waals surface area contributed by atoms with E-state index < -0.39 is 0 Å². The SMILES string of the molecule is CC(C)c1ccn(-c2ccc(CCl)cc2C#N)n1. The molecule has 3 nitrogen and oxygen atoms in total. The molecule has 0 atom stereocenters. The summed E-state index contributed by atoms with van der Waals surface area (Å²) < 4.78 is 1.74. The number of rotatable bonds is 3. The summed E-state index contributed by atoms with van der Waals surface area (Å²) >= 11 is 5.77. The molecule has 1 aromatic carbocycles. The summed E-state index contributed by atoms with van der Waals surface area (Å²) in [5.41, 5.74) is 3.33. The maximum Gasteiger partial charge on any atom is 0.101 e. The van der Waals surface area contributed by atoms with Crippen LogP contribution in [0.4, 0.5) is 0 Å². The van der Waals surface area contributed by atoms with Crippen molar-refractivity contribution < 1.29 is 0 Å². The van der Waals surface area contributed by atoms with E-state index in [-0.39, 0.29) is 0 Å². The van der Waals surface area contributed by atoms with E-state index in [1.54, 1.807) is 10.7 Å². The van der Waals surface area contributed by atoms with Crippen LogP contribution in [0.5, 0.6) is 0 Å². The van der Waals surface area contributed by atoms with E-state index in [1.807, 2.05) is 24.4 Å². The lowest BCUT2D eigenvalue weighted by Gasteiger charge is -2.06. The molecule has 18 heavy (non-hydrogen) atoms. The summed E-state index contributed by atoms with van der Waals surface area (Å²) in [4.78, 5) is 0. The Morgan fingerprint density at radius 2 is 2.17 bits per heavy atom. The molecule has 0 unspecified atom stereocenters. The fourth-order valence-electron chi connectivity index (χ4n) is 1.74. The standard InChI is InChI=1S/C14H14ClN3/c1-10(2)13-5-6-18(17-13)14-4-3-11(8-15)7-12(14)9-16/h3-7,10H,8H2,1-2H3. The number of benzene rings is 1. The smallest absolute Gasteiger partial charge is 0.101 e. The van der Waals surface area contributed by atoms with Gasteiger partial charge in [-0.1, -0.05) is 19.9 Å². The first kappa shape index (κ1) is 12.7. The van der Waals surface area contributed by atoms with E-state index in [0.717, 1.165) is 16.9 Å². The van der Waals surface area contributed by atoms with E-state index in [2.05, 4.69) is 25.0 Å². The summed E-state index contributed by atoms with van der Waals surface area (Å²) in [6.45, 7) is 4.18. The molecule has 0 amide bonds. The number of alkyl halides is 1. The van der Waals surface area contributed by atoms with Gasteiger partial charge in [-0.05, 0) is 29.7 Å². The van der Waals surface area contributed by atoms with Crippen LogP contribution in [0.3, 0.4) is 0 Å². The van der Waals surface area contributed by atoms with Crippen molar-refractivity contribution in [3.63, 3.8) is 0 Å². The predicted molar refractivity (Wildman–Crippen MR) is 71.9 cm³/mol. The highest BCUT2D eigenvalue weighted by Gasteiger charge is 2.09. The van der Waals surface area contributed by atoms with Gasteiger partial charge in [0.05, 0.1) is 16.9 Å². The van der Waals surface area contributed by atoms with Gasteiger partial charge in [-0.15, -0.1) is 11.6 Å². The van der Waals surface area contributed by atoms with Crippen molar-refractivity contribution >= 4 is 11.6 Å². The largest absolute Gasteiger partial charge is 0.239 e. The molecule has 1 heterocycles. The number of hydrogen-bond donors (Lipinski definition) is 0. The Hall–Kier alpha value is -1.79. The third kappa shape index (κ3) is 2.39. The lowest BCUT2D eigenvalue weighted by atomic mass is 10.1. The average Bonchev–Trinajstić information content (AvgIpc) is 2.87. The zero-order valence-corrected chi connectivity index (χ0v) is 11.1. The van der Waals surface area contributed by atoms with Crippen LogP contribution < -0.4 is 0 Å². The summed E-state index contributed by atoms with van der Waals surface area (Å²) in [5, 5.41) is 13.7. The highest BCUT2D eigenvalue weighted by Crippen LogP contribution is 2.19. The molecule has 0 aliphatic rings. The van der Waals surface area contributed by atoms with Gasteiger partial charge in [-0.3, -0.25) is 0 Å². The fourth-order valence-corrected chi connectivity index (χ4v) is 1.90. The Bertz CT molecular complexity index is 593. The van der Waals surface area contributed by atoms with Crippen LogP contribution in [0.1, 0.15) is 36.6 Å². The van der Waals surface area contributed by atoms with Gasteiger partial charge < -0.3 is 0 Å². The molecular weight excluding hydrogens is 246 g/mol. The van der Waals surface area contributed by atoms with Gasteiger partial charge in [-0.25, -0.2) is 4.68 Å². The zero-order chi connectivity index (χ0) is 13.1. The third-order valence-electron chi connectivity index (χ3n) is 2.78. The predicted octanol–water partition coefficient (Wildman–Crippen LogP) is 3.61. The second-order valence-corrected chi connectivity index (χ2v) is 4.70. The molecule has 0 saturated heterocycles. The molecular formula is C14H14ClN3. The maximum absolute atomic E-state index is 9.18. The van der Waals surface area contributed by atoms with Gasteiger partial charge in [0, 0.05) is 12.1 Å². The minimum atomic E-state index is 0.374. The molecule has 2 aromatic rings. The number of hydrogen-bond acceptors (Lipinski definition) is 2. The average molecular weight is 260 g/mol. The van der Waals surface area contributed by atoms with Gasteiger partial charge in [0.25, 0.3) is 0 Å². The summed E-state index contributed by atoms with van der Waals surface area (Å²) in [5.74, 6) is 0.782. The molecule has 0 aliphatic heterocycles. The van der Waals surface area contributed by atoms with Crippen molar-refractivity contribution in [2.75, 3.05) is 0 Å². The van der Waals surface area contributed by atoms with Crippen LogP contribution >= 0.6 is 11.6 Å². The first-order chi connectivity index (χ1) is 8.65. The molecule has 0 aliphatic carbocycles. The van der Waals surface area contributed by atoms with E-state index >= 15 is 0 Å². The van der Waals surface area contributed by atoms with Crippen molar-refractivity contribution in [2.24, 2.45) is 0 Å². The minimum Gasteiger partial charge on any atom is -0.239 e. The Balaban J connectivity index is 2.47. The van der Waals surface area contributed by atoms with Crippen molar-refractivity contribution in [3.8, 4) is 11.8 Å². The number of nitrogens with zero attached hydrogens (tertiary/aromatic N) is 3. The van der Waals surface area contributed by atoms with Crippen LogP contribution in [0.25, 0.3) is 5.69 Å². The van der Waals surface area contributed by atoms with E-state index in [0.29, 0.717) is 17.4 Å². The molecule has 4 heteroatoms. The summed E-state index contributed by atoms with van der Waals surface area (Å²) in [7, 11) is 0. The minimum absolute atomic E-state index is 0.374. The second kappa shape index (κ2) is 5.24. The second-order valence-electron chi connectivity index (χ2n) is 4.44. The van der Waals surface area contributed by atoms with E-state index in [4.69, 9.17) is 11.6 Å². The zero-order valence-electron chi connectivity index (χ0n) is 10.4. The Labute approximate surface area is 112 Å². The quantitative estimate of drug-likeness (QED) is 0.790. The third-order valence-corrected chi connectivity index (χ3v) is 3.09. The Kier molecular flexibility index (Phi) is 3.69. The van der Waals surface area contributed by atoms with Crippen LogP contribution in [-0.4, -0.2) is 9.78 Å². The summed E-state index contributed by atoms with van der Waals surface area (Å²) in [6, 6.07) is 9.76. The fraction of sp³-hybridized carbons (Fsp3) is 0.286. The number of aromatic nitrogens is 2. The molecule has 0 radical (unpaired) electrons. The molecule has 0 spiro atoms. The van der Waals surface area contributed by atoms with Gasteiger partial charge in [-0.2, -0.15) is 10.4 Å². The lowest BCUT2D eigenvalue weighted by Crippen LogP contribution is -2.00. The molecule has 0 N–H and O–H groups in total. The maximum atomic E-state index is 9.18. The van der Waals surface area contributed by atoms with Crippen LogP contribution in [0.2, 0.25) is 0 Å². The first-order valence-corrected chi connectivity index (χ1v) is 6.34. The van der Waals surface area contributed by atoms with E-state index in [9.17, 15) is 5.26 Å². The van der Waals surface area contributed by atoms with Crippen molar-refractivity contribution in [3.05, 3.63) is 47.3 Å². The highest BCUT2D eigenvalue weighted by atomic mass is 35.5. The van der Waals surface area contributed by atoms with Crippen molar-refractivity contribution in [2.45, 2.75) is 25.6 Å². The van der Waals surface area contributed by atoms with Crippen molar-refractivity contribution in [1.82, 2.24) is 9.78 Å². The van der Waals surface area contributed by atoms with Crippen LogP contribution in [-0.2, 0) is 5.88 Å². The highest BCUT2D eigenvalue weighted by molar-refractivity contribution is 6.17. The molecule has 2 rings (SSSR count). The lowest BCUT2D eigenvalue weighted by molar-refractivity contribution is 0.767. The first-order valence-electron chi connectivity index (χ1n) is 5.80. The van der Waals surface area contributed by atoms with Crippen LogP contribution in [0, 0.1) is 11.3 Å². The van der Waals surface area contributed by atoms with Crippen molar-refractivity contribution in [1.29, 1.82) is 5.26 Å². The number of halogens is 1. The molecule has 1 aromatic heterocycles. The molecule has 92 valence electrons. The van der Waals surface area contributed by atoms with Gasteiger partial charge >= 0.3 is 0 Å². The summed E-state index contributed by atoms with van der Waals surface area (Å²) in [6.07, 6.45) is 1.88. The monoisotopic (exact) mass is 259 g/mol. The Morgan fingerprint density at radius 1 is 1.39 bits per heavy atom. The molecule has 0 fully saturated rings. The normalized spacial score (nSPS) is 10.6. The van der Waals surface area contributed by atoms with Gasteiger partial charge in [0.1, 0.15) is 6.07 Å². The number of nitriles is 1. The van der Waals surface area contributed by atoms with Gasteiger partial charge in [0.2, 0.25) is 0 Å². The van der Waals surface area contributed by atoms with E-state index in [1.165, 1.54) is 0 Å². The van der Waals surface area contributed by atoms with Crippen LogP contribution in [0.15, 0.2) is 30.5 Å².